The minimum atomic E-state index is -1.14. The molecule has 7 amide bonds. The predicted molar refractivity (Wildman–Crippen MR) is 296 cm³/mol. The van der Waals surface area contributed by atoms with Crippen LogP contribution in [0.4, 0.5) is 4.79 Å². The quantitative estimate of drug-likeness (QED) is 0.0392. The summed E-state index contributed by atoms with van der Waals surface area (Å²) in [4.78, 5) is 95.8. The number of alkyl carbamates (subject to hydrolysis) is 1. The summed E-state index contributed by atoms with van der Waals surface area (Å²) >= 11 is 0. The first-order chi connectivity index (χ1) is 36.6. The van der Waals surface area contributed by atoms with Crippen molar-refractivity contribution in [3.8, 4) is 0 Å². The van der Waals surface area contributed by atoms with Crippen LogP contribution in [0.25, 0.3) is 0 Å². The lowest BCUT2D eigenvalue weighted by Crippen LogP contribution is -2.57. The smallest absolute Gasteiger partial charge is 0.407 e. The molecule has 1 aromatic rings. The Morgan fingerprint density at radius 3 is 1.99 bits per heavy atom. The van der Waals surface area contributed by atoms with Gasteiger partial charge in [-0.3, -0.25) is 28.8 Å². The number of rotatable bonds is 28. The van der Waals surface area contributed by atoms with Gasteiger partial charge in [-0.25, -0.2) is 4.79 Å². The summed E-state index contributed by atoms with van der Waals surface area (Å²) < 4.78 is 24.5. The maximum atomic E-state index is 14.1. The Morgan fingerprint density at radius 1 is 0.795 bits per heavy atom. The van der Waals surface area contributed by atoms with Crippen LogP contribution in [0, 0.1) is 34.5 Å². The topological polar surface area (TPSA) is 267 Å². The summed E-state index contributed by atoms with van der Waals surface area (Å²) in [5.41, 5.74) is -0.846. The highest BCUT2D eigenvalue weighted by atomic mass is 16.6. The number of carbonyl (C=O) groups excluding carboxylic acids is 7. The number of hydrogen-bond donors (Lipinski definition) is 8. The molecule has 0 bridgehead atoms. The summed E-state index contributed by atoms with van der Waals surface area (Å²) in [6, 6.07) is 6.58. The molecule has 2 aliphatic carbocycles. The van der Waals surface area contributed by atoms with Crippen LogP contribution in [0.3, 0.4) is 0 Å². The molecule has 19 nitrogen and oxygen atoms in total. The van der Waals surface area contributed by atoms with E-state index in [4.69, 9.17) is 18.9 Å². The van der Waals surface area contributed by atoms with Crippen molar-refractivity contribution in [1.82, 2.24) is 37.2 Å². The number of amides is 7. The zero-order chi connectivity index (χ0) is 57.8. The van der Waals surface area contributed by atoms with Crippen LogP contribution in [-0.2, 0) is 54.1 Å². The molecular formula is C59H95N7O12. The van der Waals surface area contributed by atoms with Crippen molar-refractivity contribution in [3.63, 3.8) is 0 Å². The summed E-state index contributed by atoms with van der Waals surface area (Å²) in [7, 11) is 1.65. The Labute approximate surface area is 463 Å². The lowest BCUT2D eigenvalue weighted by atomic mass is 9.64. The van der Waals surface area contributed by atoms with E-state index in [2.05, 4.69) is 64.1 Å². The highest BCUT2D eigenvalue weighted by molar-refractivity contribution is 5.95. The molecule has 7 unspecified atom stereocenters. The fraction of sp³-hybridized carbons (Fsp3) is 0.746. The molecule has 0 aromatic heterocycles. The van der Waals surface area contributed by atoms with E-state index in [0.717, 1.165) is 18.4 Å². The number of nitrogens with one attached hydrogen (secondary N) is 7. The number of benzene rings is 1. The second kappa shape index (κ2) is 27.9. The molecular weight excluding hydrogens is 999 g/mol. The van der Waals surface area contributed by atoms with E-state index in [1.807, 2.05) is 78.8 Å². The summed E-state index contributed by atoms with van der Waals surface area (Å²) in [5, 5.41) is 29.8. The zero-order valence-corrected chi connectivity index (χ0v) is 48.9. The Hall–Kier alpha value is -5.11. The van der Waals surface area contributed by atoms with Gasteiger partial charge in [0.1, 0.15) is 35.5 Å². The van der Waals surface area contributed by atoms with E-state index in [-0.39, 0.29) is 85.7 Å². The fourth-order valence-corrected chi connectivity index (χ4v) is 12.0. The third-order valence-corrected chi connectivity index (χ3v) is 16.5. The van der Waals surface area contributed by atoms with Gasteiger partial charge in [0.05, 0.1) is 37.8 Å². The molecule has 2 saturated heterocycles. The summed E-state index contributed by atoms with van der Waals surface area (Å²) in [6.45, 7) is 23.0. The van der Waals surface area contributed by atoms with Gasteiger partial charge in [0, 0.05) is 43.0 Å². The van der Waals surface area contributed by atoms with Crippen molar-refractivity contribution >= 4 is 41.5 Å². The van der Waals surface area contributed by atoms with Gasteiger partial charge in [0.15, 0.2) is 0 Å². The Morgan fingerprint density at radius 2 is 1.42 bits per heavy atom. The predicted octanol–water partition coefficient (Wildman–Crippen LogP) is 5.31. The zero-order valence-electron chi connectivity index (χ0n) is 48.9. The monoisotopic (exact) mass is 1090 g/mol. The van der Waals surface area contributed by atoms with E-state index in [0.29, 0.717) is 45.1 Å². The number of epoxide rings is 2. The highest BCUT2D eigenvalue weighted by Crippen LogP contribution is 2.59. The largest absolute Gasteiger partial charge is 0.443 e. The van der Waals surface area contributed by atoms with Gasteiger partial charge in [-0.1, -0.05) is 97.4 Å². The Kier molecular flexibility index (Phi) is 22.8. The molecule has 5 rings (SSSR count). The van der Waals surface area contributed by atoms with Crippen LogP contribution < -0.4 is 37.2 Å². The molecule has 78 heavy (non-hydrogen) atoms. The normalized spacial score (nSPS) is 27.2. The number of allylic oxidation sites excluding steroid dienone is 1. The van der Waals surface area contributed by atoms with E-state index < -0.39 is 89.0 Å². The molecule has 8 N–H and O–H groups in total. The number of aliphatic hydroxyl groups excluding tert-OH is 1. The van der Waals surface area contributed by atoms with Gasteiger partial charge in [-0.15, -0.1) is 0 Å². The number of methoxy groups -OCH3 is 1. The second-order valence-corrected chi connectivity index (χ2v) is 24.9. The van der Waals surface area contributed by atoms with E-state index in [9.17, 15) is 38.7 Å². The highest BCUT2D eigenvalue weighted by Gasteiger charge is 2.72. The van der Waals surface area contributed by atoms with Gasteiger partial charge in [-0.2, -0.15) is 0 Å². The van der Waals surface area contributed by atoms with Crippen molar-refractivity contribution in [2.75, 3.05) is 33.4 Å². The molecule has 11 atom stereocenters. The van der Waals surface area contributed by atoms with E-state index >= 15 is 0 Å². The summed E-state index contributed by atoms with van der Waals surface area (Å²) in [6.07, 6.45) is 5.69. The Balaban J connectivity index is 1.11. The van der Waals surface area contributed by atoms with E-state index in [1.54, 1.807) is 21.0 Å². The minimum absolute atomic E-state index is 0.0353. The van der Waals surface area contributed by atoms with Crippen LogP contribution in [0.15, 0.2) is 42.0 Å². The Bertz CT molecular complexity index is 2240. The molecule has 2 saturated carbocycles. The van der Waals surface area contributed by atoms with Crippen molar-refractivity contribution < 1.29 is 57.6 Å². The molecule has 2 heterocycles. The molecule has 0 radical (unpaired) electrons. The number of carbonyl (C=O) groups is 7. The van der Waals surface area contributed by atoms with Gasteiger partial charge in [-0.05, 0) is 115 Å². The first-order valence-corrected chi connectivity index (χ1v) is 28.5. The van der Waals surface area contributed by atoms with Crippen LogP contribution in [0.2, 0.25) is 0 Å². The molecule has 1 spiro atoms. The fourth-order valence-electron chi connectivity index (χ4n) is 12.0. The molecule has 4 aliphatic rings. The average molecular weight is 1090 g/mol. The lowest BCUT2D eigenvalue weighted by Gasteiger charge is -2.42. The number of hydrogen-bond acceptors (Lipinski definition) is 12. The molecule has 19 heteroatoms. The molecule has 4 fully saturated rings. The number of aliphatic hydroxyl groups is 1. The molecule has 1 aromatic carbocycles. The molecule has 438 valence electrons. The third kappa shape index (κ3) is 17.7. The van der Waals surface area contributed by atoms with Crippen LogP contribution in [0.5, 0.6) is 0 Å². The van der Waals surface area contributed by atoms with Crippen molar-refractivity contribution in [3.05, 3.63) is 47.5 Å². The van der Waals surface area contributed by atoms with Crippen molar-refractivity contribution in [1.29, 1.82) is 0 Å². The van der Waals surface area contributed by atoms with Crippen molar-refractivity contribution in [2.45, 2.75) is 213 Å². The number of ether oxygens (including phenoxy) is 4. The SMILES string of the molecule is COC1C(OC(=O)N[C@H]2CC[C@H](NC(=O)CNC(=O)[C@H](CC(C)C)NC(=O)[C@H](Cc3ccccc3)NC(=O)CNC(=O)C(C)(CC(C)(CC(C)C)C(=O)NCC(C)O)C(C)C)CC2)CC[C@]2(CO2)C1C1(C)O[C@@H]1CC=C(C)C. The summed E-state index contributed by atoms with van der Waals surface area (Å²) in [5.74, 6) is -3.13. The standard InChI is InChI=1S/C59H95N7O12/c1-35(2)19-24-46-58(12,78-46)50-49(75-13)45(25-26-59(50)34-76-59)77-55(74)64-42-22-20-41(21-23-42)63-47(68)31-60-51(70)43(27-36(3)4)66-52(71)44(28-40-17-15-14-16-18-40)65-48(69)32-62-54(73)57(11,38(7)8)33-56(10,29-37(5)6)53(72)61-30-39(9)67/h14-19,36-39,41-46,49-50,67H,20-34H2,1-13H3,(H,60,70)(H,61,72)(H,62,73)(H,63,68)(H,64,74)(H,65,69)(H,66,71)/t39?,41-,42-,43-,44-,45?,46+,49?,50?,56?,57?,58?,59-/m0/s1. The first-order valence-electron chi connectivity index (χ1n) is 28.5. The van der Waals surface area contributed by atoms with Gasteiger partial charge in [0.2, 0.25) is 35.4 Å². The third-order valence-electron chi connectivity index (χ3n) is 16.5. The maximum Gasteiger partial charge on any atom is 0.407 e. The van der Waals surface area contributed by atoms with Crippen LogP contribution in [-0.4, -0.2) is 140 Å². The van der Waals surface area contributed by atoms with Gasteiger partial charge in [0.25, 0.3) is 0 Å². The molecule has 2 aliphatic heterocycles. The van der Waals surface area contributed by atoms with Crippen molar-refractivity contribution in [2.24, 2.45) is 34.5 Å². The second-order valence-electron chi connectivity index (χ2n) is 24.9. The van der Waals surface area contributed by atoms with E-state index in [1.165, 1.54) is 5.57 Å². The minimum Gasteiger partial charge on any atom is -0.443 e. The van der Waals surface area contributed by atoms with Gasteiger partial charge < -0.3 is 61.3 Å². The van der Waals surface area contributed by atoms with Crippen LogP contribution >= 0.6 is 0 Å². The average Bonchev–Trinajstić information content (AvgIpc) is 4.35. The first kappa shape index (κ1) is 63.7. The lowest BCUT2D eigenvalue weighted by molar-refractivity contribution is -0.142. The van der Waals surface area contributed by atoms with Gasteiger partial charge >= 0.3 is 6.09 Å². The van der Waals surface area contributed by atoms with Crippen LogP contribution in [0.1, 0.15) is 153 Å². The maximum absolute atomic E-state index is 14.1.